The van der Waals surface area contributed by atoms with Crippen molar-refractivity contribution in [1.29, 1.82) is 0 Å². The number of carboxylic acids is 1. The summed E-state index contributed by atoms with van der Waals surface area (Å²) >= 11 is 0. The predicted molar refractivity (Wildman–Crippen MR) is 114 cm³/mol. The van der Waals surface area contributed by atoms with E-state index in [4.69, 9.17) is 5.11 Å². The number of aromatic nitrogens is 2. The van der Waals surface area contributed by atoms with Crippen LogP contribution in [0.15, 0.2) is 30.5 Å². The van der Waals surface area contributed by atoms with E-state index in [1.165, 1.54) is 41.9 Å². The van der Waals surface area contributed by atoms with Gasteiger partial charge in [-0.25, -0.2) is 9.59 Å². The smallest absolute Gasteiger partial charge is 0.356 e. The number of carboxylic acid groups (broad SMARTS) is 1. The molecule has 2 saturated heterocycles. The minimum atomic E-state index is -1.13. The maximum atomic E-state index is 12.8. The lowest BCUT2D eigenvalue weighted by Gasteiger charge is -2.40. The number of anilines is 1. The monoisotopic (exact) mass is 411 g/mol. The van der Waals surface area contributed by atoms with Gasteiger partial charge < -0.3 is 14.9 Å². The summed E-state index contributed by atoms with van der Waals surface area (Å²) in [5, 5.41) is 12.9. The van der Waals surface area contributed by atoms with Crippen molar-refractivity contribution in [2.24, 2.45) is 0 Å². The third-order valence-electron chi connectivity index (χ3n) is 6.04. The molecule has 0 unspecified atom stereocenters. The SMILES string of the molecule is Cc1ccc(CN2CCN(C(=O)n3ccc(C(=O)O)n3)[C@H](C)C2)c(N2CCCC2)c1. The Balaban J connectivity index is 1.42. The predicted octanol–water partition coefficient (Wildman–Crippen LogP) is 2.66. The molecule has 2 aliphatic rings. The van der Waals surface area contributed by atoms with Crippen LogP contribution in [0.5, 0.6) is 0 Å². The lowest BCUT2D eigenvalue weighted by atomic mass is 10.1. The summed E-state index contributed by atoms with van der Waals surface area (Å²) in [5.74, 6) is -1.13. The van der Waals surface area contributed by atoms with Crippen molar-refractivity contribution < 1.29 is 14.7 Å². The van der Waals surface area contributed by atoms with Gasteiger partial charge in [-0.05, 0) is 49.9 Å². The van der Waals surface area contributed by atoms with Crippen LogP contribution in [-0.2, 0) is 6.54 Å². The lowest BCUT2D eigenvalue weighted by molar-refractivity contribution is 0.0689. The van der Waals surface area contributed by atoms with E-state index in [1.54, 1.807) is 4.90 Å². The van der Waals surface area contributed by atoms with Gasteiger partial charge in [0.15, 0.2) is 5.69 Å². The summed E-state index contributed by atoms with van der Waals surface area (Å²) in [7, 11) is 0. The standard InChI is InChI=1S/C22H29N5O3/c1-16-5-6-18(20(13-16)25-8-3-4-9-25)15-24-11-12-26(17(2)14-24)22(30)27-10-7-19(23-27)21(28)29/h5-7,10,13,17H,3-4,8-9,11-12,14-15H2,1-2H3,(H,28,29)/t17-/m1/s1. The molecule has 0 bridgehead atoms. The van der Waals surface area contributed by atoms with Crippen molar-refractivity contribution in [3.63, 3.8) is 0 Å². The van der Waals surface area contributed by atoms with Gasteiger partial charge in [-0.15, -0.1) is 0 Å². The molecule has 0 spiro atoms. The molecule has 2 aromatic rings. The number of aromatic carboxylic acids is 1. The summed E-state index contributed by atoms with van der Waals surface area (Å²) < 4.78 is 1.13. The van der Waals surface area contributed by atoms with Crippen LogP contribution in [0.25, 0.3) is 0 Å². The number of nitrogens with zero attached hydrogens (tertiary/aromatic N) is 5. The van der Waals surface area contributed by atoms with Crippen molar-refractivity contribution in [1.82, 2.24) is 19.6 Å². The van der Waals surface area contributed by atoms with Crippen LogP contribution in [0, 0.1) is 6.92 Å². The minimum Gasteiger partial charge on any atom is -0.476 e. The fraction of sp³-hybridized carbons (Fsp3) is 0.500. The van der Waals surface area contributed by atoms with Crippen LogP contribution in [0.2, 0.25) is 0 Å². The quantitative estimate of drug-likeness (QED) is 0.833. The number of hydrogen-bond acceptors (Lipinski definition) is 5. The molecule has 30 heavy (non-hydrogen) atoms. The van der Waals surface area contributed by atoms with E-state index in [1.807, 2.05) is 6.92 Å². The second-order valence-corrected chi connectivity index (χ2v) is 8.34. The molecule has 2 fully saturated rings. The highest BCUT2D eigenvalue weighted by Gasteiger charge is 2.29. The Labute approximate surface area is 176 Å². The Morgan fingerprint density at radius 2 is 1.90 bits per heavy atom. The maximum absolute atomic E-state index is 12.8. The third kappa shape index (κ3) is 4.18. The van der Waals surface area contributed by atoms with Gasteiger partial charge in [0.05, 0.1) is 0 Å². The number of aryl methyl sites for hydroxylation is 1. The van der Waals surface area contributed by atoms with Gasteiger partial charge in [0.1, 0.15) is 0 Å². The Morgan fingerprint density at radius 3 is 2.57 bits per heavy atom. The zero-order valence-corrected chi connectivity index (χ0v) is 17.6. The number of rotatable bonds is 4. The van der Waals surface area contributed by atoms with Crippen molar-refractivity contribution in [2.45, 2.75) is 39.3 Å². The number of amides is 1. The summed E-state index contributed by atoms with van der Waals surface area (Å²) in [4.78, 5) is 30.5. The number of carbonyl (C=O) groups is 2. The van der Waals surface area contributed by atoms with Crippen molar-refractivity contribution in [3.8, 4) is 0 Å². The number of hydrogen-bond donors (Lipinski definition) is 1. The van der Waals surface area contributed by atoms with E-state index in [0.717, 1.165) is 37.4 Å². The van der Waals surface area contributed by atoms with Crippen molar-refractivity contribution in [2.75, 3.05) is 37.6 Å². The van der Waals surface area contributed by atoms with Gasteiger partial charge in [0.25, 0.3) is 0 Å². The van der Waals surface area contributed by atoms with E-state index in [-0.39, 0.29) is 17.8 Å². The fourth-order valence-electron chi connectivity index (χ4n) is 4.44. The molecule has 2 aliphatic heterocycles. The highest BCUT2D eigenvalue weighted by Crippen LogP contribution is 2.28. The molecule has 8 nitrogen and oxygen atoms in total. The van der Waals surface area contributed by atoms with Gasteiger partial charge in [0.2, 0.25) is 0 Å². The molecule has 1 aromatic heterocycles. The van der Waals surface area contributed by atoms with Crippen LogP contribution in [0.4, 0.5) is 10.5 Å². The molecular weight excluding hydrogens is 382 g/mol. The van der Waals surface area contributed by atoms with E-state index in [9.17, 15) is 9.59 Å². The zero-order valence-electron chi connectivity index (χ0n) is 17.6. The minimum absolute atomic E-state index is 0.0180. The molecule has 0 aliphatic carbocycles. The fourth-order valence-corrected chi connectivity index (χ4v) is 4.44. The maximum Gasteiger partial charge on any atom is 0.356 e. The Hall–Kier alpha value is -2.87. The summed E-state index contributed by atoms with van der Waals surface area (Å²) in [6.07, 6.45) is 3.92. The molecule has 160 valence electrons. The molecular formula is C22H29N5O3. The molecule has 1 atom stereocenters. The van der Waals surface area contributed by atoms with Gasteiger partial charge in [-0.2, -0.15) is 9.78 Å². The second kappa shape index (κ2) is 8.47. The Kier molecular flexibility index (Phi) is 5.76. The molecule has 1 N–H and O–H groups in total. The van der Waals surface area contributed by atoms with Crippen molar-refractivity contribution in [3.05, 3.63) is 47.3 Å². The number of piperazine rings is 1. The largest absolute Gasteiger partial charge is 0.476 e. The number of carbonyl (C=O) groups excluding carboxylic acids is 1. The zero-order chi connectivity index (χ0) is 21.3. The molecule has 4 rings (SSSR count). The topological polar surface area (TPSA) is 81.9 Å². The first kappa shape index (κ1) is 20.4. The summed E-state index contributed by atoms with van der Waals surface area (Å²) in [6, 6.07) is 7.80. The molecule has 8 heteroatoms. The van der Waals surface area contributed by atoms with E-state index in [0.29, 0.717) is 6.54 Å². The first-order valence-corrected chi connectivity index (χ1v) is 10.6. The second-order valence-electron chi connectivity index (χ2n) is 8.34. The number of benzene rings is 1. The van der Waals surface area contributed by atoms with Crippen LogP contribution in [-0.4, -0.2) is 75.5 Å². The van der Waals surface area contributed by atoms with Crippen LogP contribution in [0.3, 0.4) is 0 Å². The Morgan fingerprint density at radius 1 is 1.13 bits per heavy atom. The first-order chi connectivity index (χ1) is 14.4. The summed E-state index contributed by atoms with van der Waals surface area (Å²) in [5.41, 5.74) is 3.84. The van der Waals surface area contributed by atoms with Gasteiger partial charge in [-0.3, -0.25) is 4.90 Å². The third-order valence-corrected chi connectivity index (χ3v) is 6.04. The van der Waals surface area contributed by atoms with E-state index >= 15 is 0 Å². The average molecular weight is 412 g/mol. The normalized spacial score (nSPS) is 20.0. The van der Waals surface area contributed by atoms with Crippen LogP contribution < -0.4 is 4.90 Å². The lowest BCUT2D eigenvalue weighted by Crippen LogP contribution is -2.54. The molecule has 3 heterocycles. The van der Waals surface area contributed by atoms with Gasteiger partial charge >= 0.3 is 12.0 Å². The van der Waals surface area contributed by atoms with Crippen molar-refractivity contribution >= 4 is 17.7 Å². The summed E-state index contributed by atoms with van der Waals surface area (Å²) in [6.45, 7) is 9.41. The highest BCUT2D eigenvalue weighted by molar-refractivity contribution is 5.86. The molecule has 0 radical (unpaired) electrons. The average Bonchev–Trinajstić information content (AvgIpc) is 3.41. The first-order valence-electron chi connectivity index (χ1n) is 10.6. The van der Waals surface area contributed by atoms with E-state index in [2.05, 4.69) is 40.0 Å². The molecule has 1 amide bonds. The van der Waals surface area contributed by atoms with Crippen LogP contribution >= 0.6 is 0 Å². The van der Waals surface area contributed by atoms with Gasteiger partial charge in [-0.1, -0.05) is 12.1 Å². The Bertz CT molecular complexity index is 935. The molecule has 0 saturated carbocycles. The molecule has 1 aromatic carbocycles. The van der Waals surface area contributed by atoms with Crippen LogP contribution in [0.1, 0.15) is 41.4 Å². The highest BCUT2D eigenvalue weighted by atomic mass is 16.4. The van der Waals surface area contributed by atoms with Gasteiger partial charge in [0, 0.05) is 57.2 Å². The van der Waals surface area contributed by atoms with E-state index < -0.39 is 5.97 Å².